The standard InChI is InChI=1S/C17H26N2O2/c1-12(2)16-10-15(8-9-21-16)19-11-13-4-6-14(7-5-13)17(20)18-3/h4-7,12,15-16,19H,8-11H2,1-3H3,(H,18,20). The fraction of sp³-hybridized carbons (Fsp3) is 0.588. The van der Waals surface area contributed by atoms with Gasteiger partial charge in [-0.05, 0) is 36.5 Å². The van der Waals surface area contributed by atoms with E-state index in [4.69, 9.17) is 4.74 Å². The lowest BCUT2D eigenvalue weighted by molar-refractivity contribution is -0.0245. The van der Waals surface area contributed by atoms with Crippen LogP contribution in [-0.2, 0) is 11.3 Å². The van der Waals surface area contributed by atoms with Crippen molar-refractivity contribution in [2.45, 2.75) is 45.4 Å². The lowest BCUT2D eigenvalue weighted by Gasteiger charge is -2.32. The van der Waals surface area contributed by atoms with Gasteiger partial charge in [0.05, 0.1) is 6.10 Å². The van der Waals surface area contributed by atoms with E-state index in [-0.39, 0.29) is 5.91 Å². The van der Waals surface area contributed by atoms with Gasteiger partial charge in [0.2, 0.25) is 0 Å². The minimum Gasteiger partial charge on any atom is -0.378 e. The Bertz CT molecular complexity index is 456. The molecule has 0 saturated carbocycles. The molecule has 1 heterocycles. The van der Waals surface area contributed by atoms with Crippen LogP contribution in [0.1, 0.15) is 42.6 Å². The molecule has 0 aromatic heterocycles. The predicted octanol–water partition coefficient (Wildman–Crippen LogP) is 2.34. The minimum atomic E-state index is -0.0429. The van der Waals surface area contributed by atoms with Crippen molar-refractivity contribution in [2.75, 3.05) is 13.7 Å². The Kier molecular flexibility index (Phi) is 5.76. The molecule has 4 nitrogen and oxygen atoms in total. The van der Waals surface area contributed by atoms with Crippen molar-refractivity contribution in [3.05, 3.63) is 35.4 Å². The SMILES string of the molecule is CNC(=O)c1ccc(CNC2CCOC(C(C)C)C2)cc1. The summed E-state index contributed by atoms with van der Waals surface area (Å²) in [5.41, 5.74) is 1.91. The van der Waals surface area contributed by atoms with Crippen molar-refractivity contribution < 1.29 is 9.53 Å². The Morgan fingerprint density at radius 1 is 1.33 bits per heavy atom. The van der Waals surface area contributed by atoms with E-state index in [1.807, 2.05) is 24.3 Å². The van der Waals surface area contributed by atoms with Gasteiger partial charge in [0.25, 0.3) is 5.91 Å². The number of carbonyl (C=O) groups is 1. The highest BCUT2D eigenvalue weighted by Crippen LogP contribution is 2.20. The van der Waals surface area contributed by atoms with Gasteiger partial charge in [0.1, 0.15) is 0 Å². The summed E-state index contributed by atoms with van der Waals surface area (Å²) in [7, 11) is 1.65. The lowest BCUT2D eigenvalue weighted by atomic mass is 9.95. The third kappa shape index (κ3) is 4.55. The predicted molar refractivity (Wildman–Crippen MR) is 84.3 cm³/mol. The number of amides is 1. The van der Waals surface area contributed by atoms with E-state index in [9.17, 15) is 4.79 Å². The quantitative estimate of drug-likeness (QED) is 0.875. The van der Waals surface area contributed by atoms with Crippen molar-refractivity contribution in [3.8, 4) is 0 Å². The number of hydrogen-bond donors (Lipinski definition) is 2. The molecule has 0 bridgehead atoms. The van der Waals surface area contributed by atoms with Crippen LogP contribution in [0.5, 0.6) is 0 Å². The number of hydrogen-bond acceptors (Lipinski definition) is 3. The third-order valence-electron chi connectivity index (χ3n) is 4.10. The van der Waals surface area contributed by atoms with Crippen LogP contribution in [0.3, 0.4) is 0 Å². The second-order valence-corrected chi connectivity index (χ2v) is 6.03. The van der Waals surface area contributed by atoms with E-state index in [0.29, 0.717) is 23.6 Å². The molecular formula is C17H26N2O2. The number of rotatable bonds is 5. The van der Waals surface area contributed by atoms with Crippen LogP contribution in [0.15, 0.2) is 24.3 Å². The molecule has 2 rings (SSSR count). The van der Waals surface area contributed by atoms with Crippen LogP contribution < -0.4 is 10.6 Å². The van der Waals surface area contributed by atoms with Gasteiger partial charge in [-0.1, -0.05) is 26.0 Å². The van der Waals surface area contributed by atoms with E-state index in [0.717, 1.165) is 26.0 Å². The van der Waals surface area contributed by atoms with E-state index >= 15 is 0 Å². The maximum absolute atomic E-state index is 11.5. The van der Waals surface area contributed by atoms with E-state index in [1.54, 1.807) is 7.05 Å². The molecule has 1 aliphatic heterocycles. The lowest BCUT2D eigenvalue weighted by Crippen LogP contribution is -2.40. The Balaban J connectivity index is 1.84. The number of benzene rings is 1. The normalized spacial score (nSPS) is 22.3. The summed E-state index contributed by atoms with van der Waals surface area (Å²) in [6.07, 6.45) is 2.51. The van der Waals surface area contributed by atoms with E-state index in [1.165, 1.54) is 5.56 Å². The Labute approximate surface area is 127 Å². The van der Waals surface area contributed by atoms with Crippen molar-refractivity contribution >= 4 is 5.91 Å². The summed E-state index contributed by atoms with van der Waals surface area (Å²) in [6.45, 7) is 6.11. The molecule has 2 N–H and O–H groups in total. The molecule has 2 unspecified atom stereocenters. The Morgan fingerprint density at radius 2 is 2.05 bits per heavy atom. The number of nitrogens with one attached hydrogen (secondary N) is 2. The molecular weight excluding hydrogens is 264 g/mol. The molecule has 1 aromatic carbocycles. The first kappa shape index (κ1) is 16.0. The monoisotopic (exact) mass is 290 g/mol. The highest BCUT2D eigenvalue weighted by Gasteiger charge is 2.24. The van der Waals surface area contributed by atoms with Crippen LogP contribution in [0.4, 0.5) is 0 Å². The minimum absolute atomic E-state index is 0.0429. The number of carbonyl (C=O) groups excluding carboxylic acids is 1. The van der Waals surface area contributed by atoms with Crippen molar-refractivity contribution in [1.82, 2.24) is 10.6 Å². The fourth-order valence-electron chi connectivity index (χ4n) is 2.66. The van der Waals surface area contributed by atoms with Crippen LogP contribution >= 0.6 is 0 Å². The van der Waals surface area contributed by atoms with Gasteiger partial charge in [-0.25, -0.2) is 0 Å². The smallest absolute Gasteiger partial charge is 0.251 e. The van der Waals surface area contributed by atoms with Crippen molar-refractivity contribution in [1.29, 1.82) is 0 Å². The fourth-order valence-corrected chi connectivity index (χ4v) is 2.66. The first-order chi connectivity index (χ1) is 10.1. The average molecular weight is 290 g/mol. The molecule has 21 heavy (non-hydrogen) atoms. The maximum Gasteiger partial charge on any atom is 0.251 e. The topological polar surface area (TPSA) is 50.4 Å². The second kappa shape index (κ2) is 7.57. The molecule has 1 aromatic rings. The molecule has 0 radical (unpaired) electrons. The summed E-state index contributed by atoms with van der Waals surface area (Å²) in [5, 5.41) is 6.24. The Hall–Kier alpha value is -1.39. The molecule has 2 atom stereocenters. The summed E-state index contributed by atoms with van der Waals surface area (Å²) in [5.74, 6) is 0.528. The highest BCUT2D eigenvalue weighted by atomic mass is 16.5. The van der Waals surface area contributed by atoms with Crippen LogP contribution in [0.25, 0.3) is 0 Å². The first-order valence-electron chi connectivity index (χ1n) is 7.76. The molecule has 116 valence electrons. The average Bonchev–Trinajstić information content (AvgIpc) is 2.53. The van der Waals surface area contributed by atoms with Gasteiger partial charge in [-0.2, -0.15) is 0 Å². The zero-order chi connectivity index (χ0) is 15.2. The molecule has 1 aliphatic rings. The van der Waals surface area contributed by atoms with Gasteiger partial charge >= 0.3 is 0 Å². The molecule has 1 amide bonds. The van der Waals surface area contributed by atoms with Crippen molar-refractivity contribution in [2.24, 2.45) is 5.92 Å². The Morgan fingerprint density at radius 3 is 2.67 bits per heavy atom. The third-order valence-corrected chi connectivity index (χ3v) is 4.10. The van der Waals surface area contributed by atoms with E-state index < -0.39 is 0 Å². The summed E-state index contributed by atoms with van der Waals surface area (Å²) >= 11 is 0. The van der Waals surface area contributed by atoms with Crippen molar-refractivity contribution in [3.63, 3.8) is 0 Å². The summed E-state index contributed by atoms with van der Waals surface area (Å²) in [6, 6.07) is 8.28. The largest absolute Gasteiger partial charge is 0.378 e. The molecule has 0 spiro atoms. The van der Waals surface area contributed by atoms with Gasteiger partial charge in [-0.15, -0.1) is 0 Å². The summed E-state index contributed by atoms with van der Waals surface area (Å²) < 4.78 is 5.79. The molecule has 4 heteroatoms. The van der Waals surface area contributed by atoms with Gasteiger partial charge in [-0.3, -0.25) is 4.79 Å². The maximum atomic E-state index is 11.5. The van der Waals surface area contributed by atoms with Crippen LogP contribution in [0, 0.1) is 5.92 Å². The number of ether oxygens (including phenoxy) is 1. The van der Waals surface area contributed by atoms with Gasteiger partial charge in [0.15, 0.2) is 0 Å². The van der Waals surface area contributed by atoms with Crippen LogP contribution in [0.2, 0.25) is 0 Å². The summed E-state index contributed by atoms with van der Waals surface area (Å²) in [4.78, 5) is 11.5. The molecule has 1 saturated heterocycles. The first-order valence-corrected chi connectivity index (χ1v) is 7.76. The van der Waals surface area contributed by atoms with E-state index in [2.05, 4.69) is 24.5 Å². The van der Waals surface area contributed by atoms with Gasteiger partial charge < -0.3 is 15.4 Å². The highest BCUT2D eigenvalue weighted by molar-refractivity contribution is 5.93. The molecule has 0 aliphatic carbocycles. The van der Waals surface area contributed by atoms with Gasteiger partial charge in [0, 0.05) is 31.8 Å². The van der Waals surface area contributed by atoms with Crippen LogP contribution in [-0.4, -0.2) is 31.7 Å². The zero-order valence-corrected chi connectivity index (χ0v) is 13.2. The second-order valence-electron chi connectivity index (χ2n) is 6.03. The molecule has 1 fully saturated rings. The zero-order valence-electron chi connectivity index (χ0n) is 13.2.